The SMILES string of the molecule is CC1CCC(C(C)CCO)CC1O. The molecule has 0 heterocycles. The summed E-state index contributed by atoms with van der Waals surface area (Å²) in [6.07, 6.45) is 4.06. The Morgan fingerprint density at radius 3 is 2.62 bits per heavy atom. The lowest BCUT2D eigenvalue weighted by molar-refractivity contribution is 0.0349. The van der Waals surface area contributed by atoms with E-state index in [0.717, 1.165) is 19.3 Å². The van der Waals surface area contributed by atoms with Crippen LogP contribution in [-0.2, 0) is 0 Å². The lowest BCUT2D eigenvalue weighted by Gasteiger charge is -2.34. The van der Waals surface area contributed by atoms with Crippen molar-refractivity contribution in [3.05, 3.63) is 0 Å². The van der Waals surface area contributed by atoms with Gasteiger partial charge in [0.2, 0.25) is 0 Å². The van der Waals surface area contributed by atoms with Gasteiger partial charge in [0.05, 0.1) is 6.10 Å². The van der Waals surface area contributed by atoms with E-state index >= 15 is 0 Å². The van der Waals surface area contributed by atoms with Gasteiger partial charge in [0.25, 0.3) is 0 Å². The Morgan fingerprint density at radius 2 is 2.08 bits per heavy atom. The van der Waals surface area contributed by atoms with Gasteiger partial charge in [0.1, 0.15) is 0 Å². The number of aliphatic hydroxyl groups excluding tert-OH is 2. The molecule has 4 atom stereocenters. The van der Waals surface area contributed by atoms with Gasteiger partial charge in [0, 0.05) is 6.61 Å². The van der Waals surface area contributed by atoms with Crippen LogP contribution in [-0.4, -0.2) is 22.9 Å². The Bertz CT molecular complexity index is 147. The van der Waals surface area contributed by atoms with Crippen molar-refractivity contribution in [2.75, 3.05) is 6.61 Å². The summed E-state index contributed by atoms with van der Waals surface area (Å²) < 4.78 is 0. The van der Waals surface area contributed by atoms with Crippen molar-refractivity contribution < 1.29 is 10.2 Å². The molecule has 2 nitrogen and oxygen atoms in total. The third kappa shape index (κ3) is 2.96. The maximum absolute atomic E-state index is 9.70. The van der Waals surface area contributed by atoms with E-state index in [4.69, 9.17) is 5.11 Å². The number of aliphatic hydroxyl groups is 2. The Hall–Kier alpha value is -0.0800. The smallest absolute Gasteiger partial charge is 0.0568 e. The molecule has 0 saturated heterocycles. The molecule has 1 aliphatic rings. The summed E-state index contributed by atoms with van der Waals surface area (Å²) >= 11 is 0. The van der Waals surface area contributed by atoms with Crippen LogP contribution >= 0.6 is 0 Å². The summed E-state index contributed by atoms with van der Waals surface area (Å²) in [7, 11) is 0. The van der Waals surface area contributed by atoms with Gasteiger partial charge in [-0.05, 0) is 43.4 Å². The first kappa shape index (κ1) is 11.0. The molecule has 4 unspecified atom stereocenters. The number of hydrogen-bond donors (Lipinski definition) is 2. The van der Waals surface area contributed by atoms with Gasteiger partial charge in [-0.2, -0.15) is 0 Å². The normalized spacial score (nSPS) is 37.4. The average Bonchev–Trinajstić information content (AvgIpc) is 2.10. The third-order valence-electron chi connectivity index (χ3n) is 3.58. The standard InChI is InChI=1S/C11H22O2/c1-8(5-6-12)10-4-3-9(2)11(13)7-10/h8-13H,3-7H2,1-2H3. The van der Waals surface area contributed by atoms with Crippen molar-refractivity contribution in [3.63, 3.8) is 0 Å². The minimum absolute atomic E-state index is 0.111. The Labute approximate surface area is 81.0 Å². The van der Waals surface area contributed by atoms with Crippen molar-refractivity contribution in [1.29, 1.82) is 0 Å². The molecule has 0 spiro atoms. The molecular weight excluding hydrogens is 164 g/mol. The van der Waals surface area contributed by atoms with Gasteiger partial charge in [-0.3, -0.25) is 0 Å². The maximum Gasteiger partial charge on any atom is 0.0568 e. The van der Waals surface area contributed by atoms with Gasteiger partial charge in [0.15, 0.2) is 0 Å². The summed E-state index contributed by atoms with van der Waals surface area (Å²) in [6.45, 7) is 4.59. The second kappa shape index (κ2) is 4.97. The van der Waals surface area contributed by atoms with Crippen molar-refractivity contribution in [2.24, 2.45) is 17.8 Å². The maximum atomic E-state index is 9.70. The Balaban J connectivity index is 2.36. The zero-order valence-electron chi connectivity index (χ0n) is 8.74. The van der Waals surface area contributed by atoms with E-state index < -0.39 is 0 Å². The second-order valence-electron chi connectivity index (χ2n) is 4.61. The number of hydrogen-bond acceptors (Lipinski definition) is 2. The van der Waals surface area contributed by atoms with E-state index in [1.54, 1.807) is 0 Å². The Morgan fingerprint density at radius 1 is 1.38 bits per heavy atom. The predicted octanol–water partition coefficient (Wildman–Crippen LogP) is 1.80. The molecule has 2 N–H and O–H groups in total. The summed E-state index contributed by atoms with van der Waals surface area (Å²) in [6, 6.07) is 0. The zero-order valence-corrected chi connectivity index (χ0v) is 8.74. The highest BCUT2D eigenvalue weighted by atomic mass is 16.3. The molecule has 1 saturated carbocycles. The quantitative estimate of drug-likeness (QED) is 0.705. The molecule has 0 amide bonds. The monoisotopic (exact) mass is 186 g/mol. The largest absolute Gasteiger partial charge is 0.396 e. The van der Waals surface area contributed by atoms with Crippen LogP contribution in [0.25, 0.3) is 0 Å². The lowest BCUT2D eigenvalue weighted by Crippen LogP contribution is -2.30. The van der Waals surface area contributed by atoms with Crippen LogP contribution < -0.4 is 0 Å². The molecule has 0 aliphatic heterocycles. The molecular formula is C11H22O2. The third-order valence-corrected chi connectivity index (χ3v) is 3.58. The van der Waals surface area contributed by atoms with E-state index in [1.165, 1.54) is 6.42 Å². The second-order valence-corrected chi connectivity index (χ2v) is 4.61. The Kier molecular flexibility index (Phi) is 4.20. The first-order valence-electron chi connectivity index (χ1n) is 5.44. The summed E-state index contributed by atoms with van der Waals surface area (Å²) in [5.74, 6) is 1.66. The first-order valence-corrected chi connectivity index (χ1v) is 5.44. The fourth-order valence-electron chi connectivity index (χ4n) is 2.29. The molecule has 78 valence electrons. The minimum atomic E-state index is -0.111. The van der Waals surface area contributed by atoms with E-state index in [0.29, 0.717) is 17.8 Å². The molecule has 0 aromatic rings. The van der Waals surface area contributed by atoms with E-state index in [2.05, 4.69) is 13.8 Å². The molecule has 1 rings (SSSR count). The van der Waals surface area contributed by atoms with Crippen LogP contribution in [0.5, 0.6) is 0 Å². The first-order chi connectivity index (χ1) is 6.15. The molecule has 0 radical (unpaired) electrons. The number of rotatable bonds is 3. The average molecular weight is 186 g/mol. The minimum Gasteiger partial charge on any atom is -0.396 e. The van der Waals surface area contributed by atoms with Gasteiger partial charge in [-0.25, -0.2) is 0 Å². The van der Waals surface area contributed by atoms with Crippen LogP contribution in [0.4, 0.5) is 0 Å². The predicted molar refractivity (Wildman–Crippen MR) is 53.4 cm³/mol. The van der Waals surface area contributed by atoms with Crippen molar-refractivity contribution in [2.45, 2.75) is 45.6 Å². The van der Waals surface area contributed by atoms with E-state index in [-0.39, 0.29) is 12.7 Å². The molecule has 2 heteroatoms. The lowest BCUT2D eigenvalue weighted by atomic mass is 9.74. The molecule has 0 aromatic carbocycles. The fourth-order valence-corrected chi connectivity index (χ4v) is 2.29. The van der Waals surface area contributed by atoms with E-state index in [9.17, 15) is 5.11 Å². The molecule has 13 heavy (non-hydrogen) atoms. The van der Waals surface area contributed by atoms with Crippen LogP contribution in [0.1, 0.15) is 39.5 Å². The van der Waals surface area contributed by atoms with Crippen molar-refractivity contribution >= 4 is 0 Å². The van der Waals surface area contributed by atoms with Crippen molar-refractivity contribution in [1.82, 2.24) is 0 Å². The molecule has 0 aromatic heterocycles. The van der Waals surface area contributed by atoms with Crippen LogP contribution in [0, 0.1) is 17.8 Å². The van der Waals surface area contributed by atoms with E-state index in [1.807, 2.05) is 0 Å². The van der Waals surface area contributed by atoms with Gasteiger partial charge in [-0.1, -0.05) is 13.8 Å². The van der Waals surface area contributed by atoms with Crippen molar-refractivity contribution in [3.8, 4) is 0 Å². The molecule has 1 aliphatic carbocycles. The highest BCUT2D eigenvalue weighted by Crippen LogP contribution is 2.34. The van der Waals surface area contributed by atoms with Crippen LogP contribution in [0.15, 0.2) is 0 Å². The highest BCUT2D eigenvalue weighted by Gasteiger charge is 2.28. The van der Waals surface area contributed by atoms with Gasteiger partial charge in [-0.15, -0.1) is 0 Å². The highest BCUT2D eigenvalue weighted by molar-refractivity contribution is 4.79. The topological polar surface area (TPSA) is 40.5 Å². The molecule has 1 fully saturated rings. The zero-order chi connectivity index (χ0) is 9.84. The van der Waals surface area contributed by atoms with Gasteiger partial charge >= 0.3 is 0 Å². The summed E-state index contributed by atoms with van der Waals surface area (Å²) in [5.41, 5.74) is 0. The van der Waals surface area contributed by atoms with Gasteiger partial charge < -0.3 is 10.2 Å². The summed E-state index contributed by atoms with van der Waals surface area (Å²) in [4.78, 5) is 0. The van der Waals surface area contributed by atoms with Crippen LogP contribution in [0.2, 0.25) is 0 Å². The van der Waals surface area contributed by atoms with Crippen LogP contribution in [0.3, 0.4) is 0 Å². The fraction of sp³-hybridized carbons (Fsp3) is 1.00. The summed E-state index contributed by atoms with van der Waals surface area (Å²) in [5, 5.41) is 18.5. The molecule has 0 bridgehead atoms.